The van der Waals surface area contributed by atoms with Gasteiger partial charge >= 0.3 is 6.03 Å². The lowest BCUT2D eigenvalue weighted by molar-refractivity contribution is 0.229. The molecule has 0 spiro atoms. The number of anilines is 1. The minimum atomic E-state index is -0.402. The Morgan fingerprint density at radius 1 is 1.67 bits per heavy atom. The van der Waals surface area contributed by atoms with E-state index in [0.717, 1.165) is 5.13 Å². The van der Waals surface area contributed by atoms with Gasteiger partial charge in [-0.3, -0.25) is 5.32 Å². The third-order valence-corrected chi connectivity index (χ3v) is 2.86. The molecule has 8 heteroatoms. The molecule has 0 aliphatic rings. The Hall–Kier alpha value is -1.93. The molecule has 0 aromatic carbocycles. The standard InChI is InChI=1S/C10H13N5O2S/c1-7(6-16)12-9(17)13-8-2-4-15(14-8)10-11-3-5-18-10/h2-5,7,16H,6H2,1H3,(H2,12,13,14,17)/t7-/m0/s1. The average Bonchev–Trinajstić information content (AvgIpc) is 2.98. The first-order valence-electron chi connectivity index (χ1n) is 5.33. The zero-order valence-corrected chi connectivity index (χ0v) is 10.5. The van der Waals surface area contributed by atoms with Gasteiger partial charge in [0, 0.05) is 23.8 Å². The van der Waals surface area contributed by atoms with Crippen molar-refractivity contribution in [1.82, 2.24) is 20.1 Å². The number of hydrogen-bond acceptors (Lipinski definition) is 5. The summed E-state index contributed by atoms with van der Waals surface area (Å²) in [5.41, 5.74) is 0. The zero-order chi connectivity index (χ0) is 13.0. The second-order valence-corrected chi connectivity index (χ2v) is 4.52. The van der Waals surface area contributed by atoms with Crippen molar-refractivity contribution in [3.05, 3.63) is 23.8 Å². The highest BCUT2D eigenvalue weighted by Crippen LogP contribution is 2.12. The van der Waals surface area contributed by atoms with E-state index in [1.807, 2.05) is 5.38 Å². The predicted molar refractivity (Wildman–Crippen MR) is 67.9 cm³/mol. The third-order valence-electron chi connectivity index (χ3n) is 2.10. The van der Waals surface area contributed by atoms with E-state index in [1.54, 1.807) is 30.1 Å². The summed E-state index contributed by atoms with van der Waals surface area (Å²) in [5.74, 6) is 0.424. The Labute approximate surface area is 107 Å². The quantitative estimate of drug-likeness (QED) is 0.765. The summed E-state index contributed by atoms with van der Waals surface area (Å²) in [6, 6.07) is 0.969. The lowest BCUT2D eigenvalue weighted by atomic mass is 10.4. The molecule has 2 heterocycles. The van der Waals surface area contributed by atoms with Crippen LogP contribution in [-0.2, 0) is 0 Å². The number of aliphatic hydroxyl groups is 1. The van der Waals surface area contributed by atoms with E-state index in [9.17, 15) is 4.79 Å². The molecular weight excluding hydrogens is 254 g/mol. The Balaban J connectivity index is 1.97. The summed E-state index contributed by atoms with van der Waals surface area (Å²) in [4.78, 5) is 15.6. The third kappa shape index (κ3) is 3.05. The number of nitrogens with one attached hydrogen (secondary N) is 2. The van der Waals surface area contributed by atoms with Gasteiger partial charge in [0.05, 0.1) is 12.6 Å². The van der Waals surface area contributed by atoms with Gasteiger partial charge in [0.15, 0.2) is 5.82 Å². The smallest absolute Gasteiger partial charge is 0.320 e. The van der Waals surface area contributed by atoms with Crippen LogP contribution in [-0.4, -0.2) is 38.6 Å². The number of amides is 2. The highest BCUT2D eigenvalue weighted by Gasteiger charge is 2.08. The molecule has 3 N–H and O–H groups in total. The molecule has 2 amide bonds. The van der Waals surface area contributed by atoms with E-state index in [0.29, 0.717) is 5.82 Å². The molecule has 0 aliphatic heterocycles. The van der Waals surface area contributed by atoms with Crippen molar-refractivity contribution in [1.29, 1.82) is 0 Å². The van der Waals surface area contributed by atoms with Gasteiger partial charge in [-0.2, -0.15) is 0 Å². The minimum absolute atomic E-state index is 0.110. The molecular formula is C10H13N5O2S. The van der Waals surface area contributed by atoms with Crippen LogP contribution < -0.4 is 10.6 Å². The predicted octanol–water partition coefficient (Wildman–Crippen LogP) is 0.831. The second-order valence-electron chi connectivity index (χ2n) is 3.64. The van der Waals surface area contributed by atoms with Crippen LogP contribution in [0, 0.1) is 0 Å². The summed E-state index contributed by atoms with van der Waals surface area (Å²) in [6.45, 7) is 1.59. The molecule has 96 valence electrons. The van der Waals surface area contributed by atoms with Crippen LogP contribution in [0.3, 0.4) is 0 Å². The first-order chi connectivity index (χ1) is 8.69. The van der Waals surface area contributed by atoms with Gasteiger partial charge in [0.1, 0.15) is 0 Å². The van der Waals surface area contributed by atoms with E-state index in [2.05, 4.69) is 20.7 Å². The topological polar surface area (TPSA) is 92.1 Å². The lowest BCUT2D eigenvalue weighted by Crippen LogP contribution is -2.38. The number of rotatable bonds is 4. The van der Waals surface area contributed by atoms with E-state index < -0.39 is 6.03 Å². The van der Waals surface area contributed by atoms with E-state index in [4.69, 9.17) is 5.11 Å². The largest absolute Gasteiger partial charge is 0.394 e. The van der Waals surface area contributed by atoms with E-state index in [1.165, 1.54) is 11.3 Å². The Morgan fingerprint density at radius 2 is 2.50 bits per heavy atom. The fraction of sp³-hybridized carbons (Fsp3) is 0.300. The monoisotopic (exact) mass is 267 g/mol. The van der Waals surface area contributed by atoms with Crippen molar-refractivity contribution in [3.63, 3.8) is 0 Å². The Bertz CT molecular complexity index is 510. The van der Waals surface area contributed by atoms with Crippen LogP contribution in [0.1, 0.15) is 6.92 Å². The Morgan fingerprint density at radius 3 is 3.17 bits per heavy atom. The average molecular weight is 267 g/mol. The zero-order valence-electron chi connectivity index (χ0n) is 9.70. The highest BCUT2D eigenvalue weighted by molar-refractivity contribution is 7.12. The van der Waals surface area contributed by atoms with Crippen molar-refractivity contribution in [2.75, 3.05) is 11.9 Å². The molecule has 0 radical (unpaired) electrons. The molecule has 0 saturated carbocycles. The number of nitrogens with zero attached hydrogens (tertiary/aromatic N) is 3. The summed E-state index contributed by atoms with van der Waals surface area (Å²) in [5, 5.41) is 20.7. The summed E-state index contributed by atoms with van der Waals surface area (Å²) < 4.78 is 1.58. The van der Waals surface area contributed by atoms with Gasteiger partial charge in [0.2, 0.25) is 5.13 Å². The molecule has 0 fully saturated rings. The van der Waals surface area contributed by atoms with Gasteiger partial charge in [-0.25, -0.2) is 14.5 Å². The van der Waals surface area contributed by atoms with Gasteiger partial charge in [-0.05, 0) is 6.92 Å². The van der Waals surface area contributed by atoms with Crippen LogP contribution in [0.2, 0.25) is 0 Å². The molecule has 0 bridgehead atoms. The maximum atomic E-state index is 11.5. The summed E-state index contributed by atoms with van der Waals surface area (Å²) >= 11 is 1.45. The van der Waals surface area contributed by atoms with Crippen LogP contribution >= 0.6 is 11.3 Å². The molecule has 2 rings (SSSR count). The van der Waals surface area contributed by atoms with Crippen molar-refractivity contribution in [2.24, 2.45) is 0 Å². The fourth-order valence-corrected chi connectivity index (χ4v) is 1.82. The van der Waals surface area contributed by atoms with Crippen molar-refractivity contribution < 1.29 is 9.90 Å². The van der Waals surface area contributed by atoms with Crippen LogP contribution in [0.5, 0.6) is 0 Å². The maximum Gasteiger partial charge on any atom is 0.320 e. The van der Waals surface area contributed by atoms with Crippen molar-refractivity contribution in [2.45, 2.75) is 13.0 Å². The molecule has 2 aromatic heterocycles. The number of hydrogen-bond donors (Lipinski definition) is 3. The SMILES string of the molecule is C[C@@H](CO)NC(=O)Nc1ccn(-c2nccs2)n1. The number of aromatic nitrogens is 3. The Kier molecular flexibility index (Phi) is 3.90. The molecule has 0 aliphatic carbocycles. The van der Waals surface area contributed by atoms with Crippen LogP contribution in [0.4, 0.5) is 10.6 Å². The van der Waals surface area contributed by atoms with Gasteiger partial charge in [-0.1, -0.05) is 0 Å². The van der Waals surface area contributed by atoms with E-state index >= 15 is 0 Å². The molecule has 0 saturated heterocycles. The van der Waals surface area contributed by atoms with E-state index in [-0.39, 0.29) is 12.6 Å². The van der Waals surface area contributed by atoms with Crippen LogP contribution in [0.25, 0.3) is 5.13 Å². The fourth-order valence-electron chi connectivity index (χ4n) is 1.25. The van der Waals surface area contributed by atoms with Crippen molar-refractivity contribution in [3.8, 4) is 5.13 Å². The van der Waals surface area contributed by atoms with Gasteiger partial charge in [-0.15, -0.1) is 16.4 Å². The van der Waals surface area contributed by atoms with Crippen molar-refractivity contribution >= 4 is 23.2 Å². The van der Waals surface area contributed by atoms with Gasteiger partial charge < -0.3 is 10.4 Å². The number of aliphatic hydroxyl groups excluding tert-OH is 1. The number of thiazole rings is 1. The first kappa shape index (κ1) is 12.5. The van der Waals surface area contributed by atoms with Crippen LogP contribution in [0.15, 0.2) is 23.8 Å². The maximum absolute atomic E-state index is 11.5. The molecule has 0 unspecified atom stereocenters. The first-order valence-corrected chi connectivity index (χ1v) is 6.21. The molecule has 2 aromatic rings. The van der Waals surface area contributed by atoms with Gasteiger partial charge in [0.25, 0.3) is 0 Å². The second kappa shape index (κ2) is 5.61. The molecule has 18 heavy (non-hydrogen) atoms. The normalized spacial score (nSPS) is 12.1. The number of carbonyl (C=O) groups is 1. The summed E-state index contributed by atoms with van der Waals surface area (Å²) in [6.07, 6.45) is 3.40. The molecule has 1 atom stereocenters. The number of urea groups is 1. The highest BCUT2D eigenvalue weighted by atomic mass is 32.1. The molecule has 7 nitrogen and oxygen atoms in total. The minimum Gasteiger partial charge on any atom is -0.394 e. The number of carbonyl (C=O) groups excluding carboxylic acids is 1. The lowest BCUT2D eigenvalue weighted by Gasteiger charge is -2.10. The summed E-state index contributed by atoms with van der Waals surface area (Å²) in [7, 11) is 0.